The monoisotopic (exact) mass is 603 g/mol. The number of rotatable bonds is 7. The van der Waals surface area contributed by atoms with Crippen molar-refractivity contribution >= 4 is 60.8 Å². The topological polar surface area (TPSA) is 113 Å². The first kappa shape index (κ1) is 26.4. The Bertz CT molecular complexity index is 1790. The molecule has 0 N–H and O–H groups in total. The van der Waals surface area contributed by atoms with E-state index in [4.69, 9.17) is 14.4 Å². The number of ether oxygens (including phenoxy) is 1. The van der Waals surface area contributed by atoms with E-state index in [0.717, 1.165) is 22.4 Å². The molecule has 3 aromatic carbocycles. The van der Waals surface area contributed by atoms with E-state index in [-0.39, 0.29) is 18.2 Å². The van der Waals surface area contributed by atoms with Gasteiger partial charge in [0.15, 0.2) is 0 Å². The molecule has 10 heteroatoms. The second-order valence-electron chi connectivity index (χ2n) is 8.83. The number of furan rings is 1. The normalized spacial score (nSPS) is 12.2. The summed E-state index contributed by atoms with van der Waals surface area (Å²) in [5.74, 6) is 0.269. The van der Waals surface area contributed by atoms with Crippen LogP contribution in [0.2, 0.25) is 0 Å². The SMILES string of the molecule is CCOC(=O)CN1CC=Cc2cccc(-c3cc(N=S(=O)=O)c4c(Br)c(Cc5ccc(C#N)cc5)oc4c3)c21. The lowest BCUT2D eigenvalue weighted by atomic mass is 9.96. The number of halogens is 1. The number of carbonyl (C=O) groups is 1. The lowest BCUT2D eigenvalue weighted by molar-refractivity contribution is -0.141. The molecule has 0 amide bonds. The molecule has 1 aliphatic heterocycles. The lowest BCUT2D eigenvalue weighted by Gasteiger charge is -2.29. The zero-order chi connectivity index (χ0) is 27.5. The quantitative estimate of drug-likeness (QED) is 0.224. The second kappa shape index (κ2) is 11.3. The van der Waals surface area contributed by atoms with Gasteiger partial charge < -0.3 is 14.1 Å². The maximum atomic E-state index is 12.3. The highest BCUT2D eigenvalue weighted by Crippen LogP contribution is 2.44. The standard InChI is InChI=1S/C29H22BrN3O5S/c1-2-37-26(34)17-33-12-4-6-20-5-3-7-22(29(20)33)21-14-23(32-39(35)36)27-24(15-21)38-25(28(27)30)13-18-8-10-19(16-31)11-9-18/h3-11,14-15H,2,12-13,17H2,1H3. The van der Waals surface area contributed by atoms with Crippen LogP contribution in [-0.4, -0.2) is 34.1 Å². The van der Waals surface area contributed by atoms with Crippen molar-refractivity contribution in [3.63, 3.8) is 0 Å². The fraction of sp³-hybridized carbons (Fsp3) is 0.172. The molecule has 5 rings (SSSR count). The van der Waals surface area contributed by atoms with Crippen molar-refractivity contribution in [2.24, 2.45) is 4.36 Å². The van der Waals surface area contributed by atoms with Crippen molar-refractivity contribution in [1.29, 1.82) is 5.26 Å². The number of anilines is 1. The number of benzene rings is 3. The predicted molar refractivity (Wildman–Crippen MR) is 152 cm³/mol. The van der Waals surface area contributed by atoms with Gasteiger partial charge in [0.05, 0.1) is 39.5 Å². The Morgan fingerprint density at radius 3 is 2.72 bits per heavy atom. The van der Waals surface area contributed by atoms with E-state index >= 15 is 0 Å². The molecule has 0 saturated carbocycles. The maximum Gasteiger partial charge on any atom is 0.325 e. The van der Waals surface area contributed by atoms with Crippen LogP contribution in [0.15, 0.2) is 73.9 Å². The van der Waals surface area contributed by atoms with Crippen LogP contribution >= 0.6 is 15.9 Å². The van der Waals surface area contributed by atoms with Crippen molar-refractivity contribution in [3.8, 4) is 17.2 Å². The average Bonchev–Trinajstić information content (AvgIpc) is 3.23. The molecule has 2 heterocycles. The number of carbonyl (C=O) groups excluding carboxylic acids is 1. The summed E-state index contributed by atoms with van der Waals surface area (Å²) in [7, 11) is -2.70. The van der Waals surface area contributed by atoms with Crippen LogP contribution in [0.5, 0.6) is 0 Å². The smallest absolute Gasteiger partial charge is 0.325 e. The lowest BCUT2D eigenvalue weighted by Crippen LogP contribution is -2.33. The highest BCUT2D eigenvalue weighted by molar-refractivity contribution is 9.10. The van der Waals surface area contributed by atoms with Crippen LogP contribution in [0.25, 0.3) is 28.2 Å². The molecule has 0 saturated heterocycles. The first-order valence-electron chi connectivity index (χ1n) is 12.1. The van der Waals surface area contributed by atoms with Crippen molar-refractivity contribution in [3.05, 3.63) is 87.6 Å². The summed E-state index contributed by atoms with van der Waals surface area (Å²) in [6.07, 6.45) is 4.40. The Morgan fingerprint density at radius 2 is 2.00 bits per heavy atom. The molecule has 39 heavy (non-hydrogen) atoms. The highest BCUT2D eigenvalue weighted by atomic mass is 79.9. The van der Waals surface area contributed by atoms with Gasteiger partial charge in [-0.15, -0.1) is 4.36 Å². The van der Waals surface area contributed by atoms with Gasteiger partial charge in [-0.25, -0.2) is 0 Å². The molecule has 4 aromatic rings. The third-order valence-electron chi connectivity index (χ3n) is 6.34. The highest BCUT2D eigenvalue weighted by Gasteiger charge is 2.23. The summed E-state index contributed by atoms with van der Waals surface area (Å²) in [4.78, 5) is 14.3. The number of para-hydroxylation sites is 1. The number of fused-ring (bicyclic) bond motifs is 2. The van der Waals surface area contributed by atoms with Crippen molar-refractivity contribution < 1.29 is 22.4 Å². The summed E-state index contributed by atoms with van der Waals surface area (Å²) in [5, 5.41) is 9.61. The number of hydrogen-bond acceptors (Lipinski definition) is 8. The van der Waals surface area contributed by atoms with Gasteiger partial charge in [0.25, 0.3) is 0 Å². The van der Waals surface area contributed by atoms with Gasteiger partial charge in [-0.2, -0.15) is 13.7 Å². The van der Waals surface area contributed by atoms with Crippen LogP contribution < -0.4 is 4.90 Å². The minimum Gasteiger partial charge on any atom is -0.465 e. The van der Waals surface area contributed by atoms with E-state index in [1.165, 1.54) is 0 Å². The molecule has 1 aromatic heterocycles. The molecular weight excluding hydrogens is 582 g/mol. The predicted octanol–water partition coefficient (Wildman–Crippen LogP) is 6.42. The molecule has 196 valence electrons. The van der Waals surface area contributed by atoms with Gasteiger partial charge in [0.2, 0.25) is 0 Å². The van der Waals surface area contributed by atoms with Crippen LogP contribution in [0.4, 0.5) is 11.4 Å². The number of hydrogen-bond donors (Lipinski definition) is 0. The van der Waals surface area contributed by atoms with Gasteiger partial charge in [-0.05, 0) is 63.8 Å². The van der Waals surface area contributed by atoms with E-state index in [9.17, 15) is 13.2 Å². The minimum absolute atomic E-state index is 0.0767. The first-order chi connectivity index (χ1) is 18.9. The third-order valence-corrected chi connectivity index (χ3v) is 7.53. The van der Waals surface area contributed by atoms with Gasteiger partial charge in [-0.3, -0.25) is 4.79 Å². The van der Waals surface area contributed by atoms with E-state index < -0.39 is 10.5 Å². The Labute approximate surface area is 234 Å². The number of nitrogens with zero attached hydrogens (tertiary/aromatic N) is 3. The molecular formula is C29H22BrN3O5S. The van der Waals surface area contributed by atoms with E-state index in [2.05, 4.69) is 26.4 Å². The summed E-state index contributed by atoms with van der Waals surface area (Å²) in [5.41, 5.74) is 5.45. The largest absolute Gasteiger partial charge is 0.465 e. The summed E-state index contributed by atoms with van der Waals surface area (Å²) in [6.45, 7) is 2.66. The molecule has 0 aliphatic carbocycles. The van der Waals surface area contributed by atoms with Crippen LogP contribution in [0.3, 0.4) is 0 Å². The molecule has 8 nitrogen and oxygen atoms in total. The fourth-order valence-corrected chi connectivity index (χ4v) is 5.63. The molecule has 0 fully saturated rings. The maximum absolute atomic E-state index is 12.3. The van der Waals surface area contributed by atoms with Crippen molar-refractivity contribution in [2.75, 3.05) is 24.6 Å². The fourth-order valence-electron chi connectivity index (χ4n) is 4.71. The zero-order valence-corrected chi connectivity index (χ0v) is 23.3. The van der Waals surface area contributed by atoms with Gasteiger partial charge >= 0.3 is 16.5 Å². The summed E-state index contributed by atoms with van der Waals surface area (Å²) in [6, 6.07) is 18.6. The minimum atomic E-state index is -2.70. The van der Waals surface area contributed by atoms with Gasteiger partial charge in [-0.1, -0.05) is 42.5 Å². The zero-order valence-electron chi connectivity index (χ0n) is 20.8. The van der Waals surface area contributed by atoms with Crippen molar-refractivity contribution in [2.45, 2.75) is 13.3 Å². The van der Waals surface area contributed by atoms with Crippen LogP contribution in [-0.2, 0) is 26.5 Å². The Kier molecular flexibility index (Phi) is 7.63. The second-order valence-corrected chi connectivity index (χ2v) is 10.2. The summed E-state index contributed by atoms with van der Waals surface area (Å²) < 4.78 is 39.3. The molecule has 0 radical (unpaired) electrons. The molecule has 0 atom stereocenters. The number of nitriles is 1. The Balaban J connectivity index is 1.64. The van der Waals surface area contributed by atoms with E-state index in [1.54, 1.807) is 25.1 Å². The van der Waals surface area contributed by atoms with E-state index in [0.29, 0.717) is 51.9 Å². The third kappa shape index (κ3) is 5.50. The molecule has 0 bridgehead atoms. The average molecular weight is 604 g/mol. The molecule has 0 spiro atoms. The van der Waals surface area contributed by atoms with Gasteiger partial charge in [0, 0.05) is 18.5 Å². The first-order valence-corrected chi connectivity index (χ1v) is 14.0. The molecule has 0 unspecified atom stereocenters. The summed E-state index contributed by atoms with van der Waals surface area (Å²) >= 11 is 3.59. The molecule has 1 aliphatic rings. The van der Waals surface area contributed by atoms with Crippen molar-refractivity contribution in [1.82, 2.24) is 0 Å². The van der Waals surface area contributed by atoms with Gasteiger partial charge in [0.1, 0.15) is 17.9 Å². The van der Waals surface area contributed by atoms with Crippen LogP contribution in [0.1, 0.15) is 29.4 Å². The number of esters is 1. The van der Waals surface area contributed by atoms with E-state index in [1.807, 2.05) is 53.5 Å². The Hall–Kier alpha value is -4.20. The Morgan fingerprint density at radius 1 is 1.21 bits per heavy atom. The van der Waals surface area contributed by atoms with Crippen LogP contribution in [0, 0.1) is 11.3 Å².